The molecule has 1 fully saturated rings. The number of nitrogens with one attached hydrogen (secondary N) is 1. The number of rotatable bonds is 4. The van der Waals surface area contributed by atoms with Crippen molar-refractivity contribution in [2.24, 2.45) is 5.92 Å². The number of thiophene rings is 1. The molecule has 0 bridgehead atoms. The highest BCUT2D eigenvalue weighted by Gasteiger charge is 2.34. The van der Waals surface area contributed by atoms with Crippen LogP contribution in [0.5, 0.6) is 0 Å². The Labute approximate surface area is 199 Å². The highest BCUT2D eigenvalue weighted by atomic mass is 32.1. The van der Waals surface area contributed by atoms with E-state index < -0.39 is 5.92 Å². The van der Waals surface area contributed by atoms with Gasteiger partial charge in [-0.05, 0) is 56.2 Å². The van der Waals surface area contributed by atoms with Gasteiger partial charge < -0.3 is 14.3 Å². The normalized spacial score (nSPS) is 17.6. The number of nitriles is 1. The van der Waals surface area contributed by atoms with Crippen LogP contribution in [-0.4, -0.2) is 33.8 Å². The molecule has 0 saturated carbocycles. The Kier molecular flexibility index (Phi) is 5.18. The van der Waals surface area contributed by atoms with Crippen LogP contribution < -0.4 is 10.5 Å². The van der Waals surface area contributed by atoms with Crippen molar-refractivity contribution < 1.29 is 9.21 Å². The Morgan fingerprint density at radius 3 is 2.79 bits per heavy atom. The minimum Gasteiger partial charge on any atom is -0.423 e. The average molecular weight is 474 g/mol. The summed E-state index contributed by atoms with van der Waals surface area (Å²) < 4.78 is 5.86. The third-order valence-corrected chi connectivity index (χ3v) is 8.17. The summed E-state index contributed by atoms with van der Waals surface area (Å²) in [7, 11) is 0. The lowest BCUT2D eigenvalue weighted by Crippen LogP contribution is -2.38. The summed E-state index contributed by atoms with van der Waals surface area (Å²) in [5.74, 6) is -1.35. The number of carbonyl (C=O) groups is 1. The quantitative estimate of drug-likeness (QED) is 0.474. The van der Waals surface area contributed by atoms with Gasteiger partial charge in [-0.15, -0.1) is 11.3 Å². The number of carbonyl (C=O) groups excluding carboxylic acids is 1. The number of ketones is 1. The van der Waals surface area contributed by atoms with Crippen LogP contribution in [0.25, 0.3) is 21.3 Å². The zero-order valence-electron chi connectivity index (χ0n) is 18.5. The number of benzene rings is 1. The minimum absolute atomic E-state index is 0.171. The topological polar surface area (TPSA) is 116 Å². The molecule has 172 valence electrons. The van der Waals surface area contributed by atoms with E-state index in [9.17, 15) is 14.9 Å². The van der Waals surface area contributed by atoms with E-state index in [1.54, 1.807) is 0 Å². The van der Waals surface area contributed by atoms with Crippen molar-refractivity contribution in [3.63, 3.8) is 0 Å². The molecule has 1 N–H and O–H groups in total. The molecule has 0 spiro atoms. The Morgan fingerprint density at radius 1 is 1.21 bits per heavy atom. The van der Waals surface area contributed by atoms with Crippen LogP contribution in [0.2, 0.25) is 0 Å². The summed E-state index contributed by atoms with van der Waals surface area (Å²) in [6.45, 7) is 1.23. The number of oxazole rings is 1. The van der Waals surface area contributed by atoms with Gasteiger partial charge in [-0.2, -0.15) is 10.2 Å². The first kappa shape index (κ1) is 21.1. The molecule has 3 aromatic heterocycles. The minimum atomic E-state index is -1.07. The number of H-pyrrole nitrogens is 1. The van der Waals surface area contributed by atoms with Crippen LogP contribution in [0.1, 0.15) is 47.9 Å². The number of nitrogens with zero attached hydrogens (tertiary/aromatic N) is 4. The van der Waals surface area contributed by atoms with Crippen molar-refractivity contribution in [3.8, 4) is 6.07 Å². The molecule has 9 heteroatoms. The molecule has 1 saturated heterocycles. The molecule has 4 heterocycles. The fourth-order valence-corrected chi connectivity index (χ4v) is 6.43. The van der Waals surface area contributed by atoms with E-state index in [-0.39, 0.29) is 23.1 Å². The summed E-state index contributed by atoms with van der Waals surface area (Å²) in [6, 6.07) is 10.3. The second-order valence-corrected chi connectivity index (χ2v) is 10.1. The smallest absolute Gasteiger partial charge is 0.298 e. The zero-order chi connectivity index (χ0) is 23.2. The fourth-order valence-electron chi connectivity index (χ4n) is 5.16. The van der Waals surface area contributed by atoms with Gasteiger partial charge >= 0.3 is 0 Å². The highest BCUT2D eigenvalue weighted by molar-refractivity contribution is 7.18. The number of fused-ring (bicyclic) bond motifs is 4. The monoisotopic (exact) mass is 473 g/mol. The van der Waals surface area contributed by atoms with E-state index in [2.05, 4.69) is 21.0 Å². The molecule has 1 atom stereocenters. The van der Waals surface area contributed by atoms with Crippen LogP contribution in [0, 0.1) is 17.2 Å². The third kappa shape index (κ3) is 3.49. The first-order valence-electron chi connectivity index (χ1n) is 11.7. The van der Waals surface area contributed by atoms with E-state index in [1.807, 2.05) is 29.2 Å². The summed E-state index contributed by atoms with van der Waals surface area (Å²) in [5, 5.41) is 10.5. The molecule has 8 nitrogen and oxygen atoms in total. The summed E-state index contributed by atoms with van der Waals surface area (Å²) >= 11 is 1.53. The van der Waals surface area contributed by atoms with Gasteiger partial charge in [0, 0.05) is 23.9 Å². The van der Waals surface area contributed by atoms with Crippen molar-refractivity contribution in [2.75, 3.05) is 18.0 Å². The van der Waals surface area contributed by atoms with Crippen molar-refractivity contribution in [1.82, 2.24) is 15.0 Å². The van der Waals surface area contributed by atoms with E-state index in [0.29, 0.717) is 42.2 Å². The van der Waals surface area contributed by atoms with E-state index >= 15 is 0 Å². The van der Waals surface area contributed by atoms with Gasteiger partial charge in [0.05, 0.1) is 11.5 Å². The molecule has 1 aliphatic carbocycles. The first-order chi connectivity index (χ1) is 16.6. The number of hydrogen-bond acceptors (Lipinski definition) is 8. The number of aromatic amines is 1. The van der Waals surface area contributed by atoms with Crippen LogP contribution in [0.3, 0.4) is 0 Å². The van der Waals surface area contributed by atoms with Crippen molar-refractivity contribution in [3.05, 3.63) is 50.9 Å². The van der Waals surface area contributed by atoms with Crippen molar-refractivity contribution >= 4 is 44.5 Å². The average Bonchev–Trinajstić information content (AvgIpc) is 3.46. The predicted octanol–water partition coefficient (Wildman–Crippen LogP) is 4.10. The second kappa shape index (κ2) is 8.37. The van der Waals surface area contributed by atoms with Gasteiger partial charge in [-0.3, -0.25) is 9.59 Å². The molecule has 4 aromatic rings. The molecule has 2 aliphatic rings. The molecule has 0 radical (unpaired) electrons. The van der Waals surface area contributed by atoms with Gasteiger partial charge in [0.2, 0.25) is 0 Å². The second-order valence-electron chi connectivity index (χ2n) is 9.03. The molecule has 1 unspecified atom stereocenters. The summed E-state index contributed by atoms with van der Waals surface area (Å²) in [4.78, 5) is 42.0. The Bertz CT molecular complexity index is 1470. The summed E-state index contributed by atoms with van der Waals surface area (Å²) in [6.07, 6.45) is 5.22. The number of para-hydroxylation sites is 2. The predicted molar refractivity (Wildman–Crippen MR) is 129 cm³/mol. The standard InChI is InChI=1S/C25H23N5O3S/c26-13-16(22-28-23(32)20-15-5-1-4-8-19(15)34-24(20)29-22)21(31)14-9-11-30(12-10-14)25-27-17-6-2-3-7-18(17)33-25/h2-3,6-7,14,16H,1,4-5,8-12H2,(H,28,29,32). The number of aromatic nitrogens is 3. The molecule has 34 heavy (non-hydrogen) atoms. The molecule has 0 amide bonds. The lowest BCUT2D eigenvalue weighted by atomic mass is 9.86. The number of aryl methyl sites for hydroxylation is 2. The number of piperidine rings is 1. The lowest BCUT2D eigenvalue weighted by Gasteiger charge is -2.30. The fraction of sp³-hybridized carbons (Fsp3) is 0.400. The number of hydrogen-bond donors (Lipinski definition) is 1. The van der Waals surface area contributed by atoms with Gasteiger partial charge in [0.25, 0.3) is 11.6 Å². The first-order valence-corrected chi connectivity index (χ1v) is 12.5. The number of Topliss-reactive ketones (excluding diaryl/α,β-unsaturated/α-hetero) is 1. The Morgan fingerprint density at radius 2 is 2.00 bits per heavy atom. The van der Waals surface area contributed by atoms with Crippen LogP contribution in [0.15, 0.2) is 33.5 Å². The third-order valence-electron chi connectivity index (χ3n) is 6.98. The van der Waals surface area contributed by atoms with E-state index in [1.165, 1.54) is 16.2 Å². The van der Waals surface area contributed by atoms with Crippen LogP contribution in [0.4, 0.5) is 6.01 Å². The van der Waals surface area contributed by atoms with E-state index in [0.717, 1.165) is 42.3 Å². The zero-order valence-corrected chi connectivity index (χ0v) is 19.4. The summed E-state index contributed by atoms with van der Waals surface area (Å²) in [5.41, 5.74) is 2.40. The molecule has 1 aliphatic heterocycles. The maximum Gasteiger partial charge on any atom is 0.298 e. The van der Waals surface area contributed by atoms with Crippen molar-refractivity contribution in [2.45, 2.75) is 44.4 Å². The van der Waals surface area contributed by atoms with Gasteiger partial charge in [0.15, 0.2) is 17.3 Å². The van der Waals surface area contributed by atoms with E-state index in [4.69, 9.17) is 4.42 Å². The molecule has 1 aromatic carbocycles. The molecule has 6 rings (SSSR count). The number of anilines is 1. The van der Waals surface area contributed by atoms with Gasteiger partial charge in [-0.1, -0.05) is 12.1 Å². The van der Waals surface area contributed by atoms with Crippen LogP contribution >= 0.6 is 11.3 Å². The van der Waals surface area contributed by atoms with Crippen molar-refractivity contribution in [1.29, 1.82) is 5.26 Å². The Hall–Kier alpha value is -3.51. The molecular formula is C25H23N5O3S. The molecular weight excluding hydrogens is 450 g/mol. The van der Waals surface area contributed by atoms with Gasteiger partial charge in [0.1, 0.15) is 16.2 Å². The maximum atomic E-state index is 13.3. The Balaban J connectivity index is 1.21. The maximum absolute atomic E-state index is 13.3. The van der Waals surface area contributed by atoms with Crippen LogP contribution in [-0.2, 0) is 17.6 Å². The van der Waals surface area contributed by atoms with Gasteiger partial charge in [-0.25, -0.2) is 4.98 Å². The largest absolute Gasteiger partial charge is 0.423 e. The highest BCUT2D eigenvalue weighted by Crippen LogP contribution is 2.35. The SMILES string of the molecule is N#CC(C(=O)C1CCN(c2nc3ccccc3o2)CC1)c1nc2sc3c(c2c(=O)[nH]1)CCCC3. The lowest BCUT2D eigenvalue weighted by molar-refractivity contribution is -0.123.